The zero-order valence-electron chi connectivity index (χ0n) is 14.6. The molecule has 0 unspecified atom stereocenters. The number of nitrogens with zero attached hydrogens (tertiary/aromatic N) is 2. The Labute approximate surface area is 164 Å². The maximum Gasteiger partial charge on any atom is 0.240 e. The molecule has 0 radical (unpaired) electrons. The van der Waals surface area contributed by atoms with E-state index in [4.69, 9.17) is 5.73 Å². The van der Waals surface area contributed by atoms with E-state index in [1.807, 2.05) is 0 Å². The van der Waals surface area contributed by atoms with Gasteiger partial charge in [0.05, 0.1) is 5.54 Å². The van der Waals surface area contributed by atoms with Crippen LogP contribution in [0.5, 0.6) is 0 Å². The second kappa shape index (κ2) is 9.79. The predicted octanol–water partition coefficient (Wildman–Crippen LogP) is 1.81. The van der Waals surface area contributed by atoms with Gasteiger partial charge in [-0.3, -0.25) is 9.69 Å². The smallest absolute Gasteiger partial charge is 0.240 e. The molecule has 8 heteroatoms. The van der Waals surface area contributed by atoms with Gasteiger partial charge in [-0.15, -0.1) is 37.2 Å². The fraction of sp³-hybridized carbons (Fsp3) is 0.938. The Bertz CT molecular complexity index is 393. The summed E-state index contributed by atoms with van der Waals surface area (Å²) in [5, 5.41) is 3.18. The highest BCUT2D eigenvalue weighted by Crippen LogP contribution is 2.34. The Hall–Kier alpha value is 0.220. The standard InChI is InChI=1S/C16H30N4O.3ClH/c1-19-11-7-15(8-12-19,20-9-3-2-4-10-20)13-18-14(21)16(17)5-6-16;;;/h2-13,17H2,1H3,(H,18,21);3*1H. The van der Waals surface area contributed by atoms with Gasteiger partial charge in [0.1, 0.15) is 0 Å². The molecule has 2 saturated heterocycles. The molecule has 1 amide bonds. The van der Waals surface area contributed by atoms with E-state index >= 15 is 0 Å². The number of amides is 1. The molecule has 2 heterocycles. The lowest BCUT2D eigenvalue weighted by atomic mass is 9.84. The van der Waals surface area contributed by atoms with E-state index in [-0.39, 0.29) is 48.7 Å². The minimum Gasteiger partial charge on any atom is -0.353 e. The van der Waals surface area contributed by atoms with Crippen molar-refractivity contribution in [2.24, 2.45) is 5.73 Å². The molecule has 3 N–H and O–H groups in total. The summed E-state index contributed by atoms with van der Waals surface area (Å²) < 4.78 is 0. The van der Waals surface area contributed by atoms with E-state index in [0.717, 1.165) is 45.3 Å². The third kappa shape index (κ3) is 5.36. The molecular weight excluding hydrogens is 371 g/mol. The van der Waals surface area contributed by atoms with Crippen LogP contribution in [0.2, 0.25) is 0 Å². The van der Waals surface area contributed by atoms with Gasteiger partial charge in [0.15, 0.2) is 0 Å². The summed E-state index contributed by atoms with van der Waals surface area (Å²) in [5.74, 6) is 0.0674. The van der Waals surface area contributed by atoms with E-state index in [1.165, 1.54) is 32.4 Å². The highest BCUT2D eigenvalue weighted by Gasteiger charge is 2.47. The summed E-state index contributed by atoms with van der Waals surface area (Å²) in [4.78, 5) is 17.2. The van der Waals surface area contributed by atoms with Crippen LogP contribution in [0, 0.1) is 0 Å². The van der Waals surface area contributed by atoms with Gasteiger partial charge in [-0.1, -0.05) is 6.42 Å². The summed E-state index contributed by atoms with van der Waals surface area (Å²) in [6.45, 7) is 5.40. The summed E-state index contributed by atoms with van der Waals surface area (Å²) >= 11 is 0. The van der Waals surface area contributed by atoms with Crippen molar-refractivity contribution in [3.05, 3.63) is 0 Å². The highest BCUT2D eigenvalue weighted by molar-refractivity contribution is 5.89. The quantitative estimate of drug-likeness (QED) is 0.751. The largest absolute Gasteiger partial charge is 0.353 e. The fourth-order valence-electron chi connectivity index (χ4n) is 3.79. The zero-order chi connectivity index (χ0) is 14.9. The van der Waals surface area contributed by atoms with Crippen LogP contribution in [-0.4, -0.2) is 66.6 Å². The van der Waals surface area contributed by atoms with Gasteiger partial charge in [0.2, 0.25) is 5.91 Å². The third-order valence-corrected chi connectivity index (χ3v) is 5.76. The van der Waals surface area contributed by atoms with Gasteiger partial charge < -0.3 is 16.0 Å². The molecule has 0 spiro atoms. The number of carbonyl (C=O) groups is 1. The van der Waals surface area contributed by atoms with Crippen LogP contribution in [0.3, 0.4) is 0 Å². The first-order valence-corrected chi connectivity index (χ1v) is 8.55. The Morgan fingerprint density at radius 3 is 2.00 bits per heavy atom. The molecule has 2 aliphatic heterocycles. The molecule has 1 saturated carbocycles. The molecule has 3 fully saturated rings. The number of likely N-dealkylation sites (tertiary alicyclic amines) is 2. The molecule has 0 aromatic heterocycles. The number of halogens is 3. The van der Waals surface area contributed by atoms with Crippen LogP contribution in [-0.2, 0) is 4.79 Å². The van der Waals surface area contributed by atoms with E-state index in [2.05, 4.69) is 22.2 Å². The minimum absolute atomic E-state index is 0. The van der Waals surface area contributed by atoms with Crippen LogP contribution >= 0.6 is 37.2 Å². The van der Waals surface area contributed by atoms with Crippen LogP contribution < -0.4 is 11.1 Å². The van der Waals surface area contributed by atoms with E-state index in [0.29, 0.717) is 0 Å². The Morgan fingerprint density at radius 2 is 1.50 bits per heavy atom. The Morgan fingerprint density at radius 1 is 0.958 bits per heavy atom. The van der Waals surface area contributed by atoms with Crippen molar-refractivity contribution in [1.82, 2.24) is 15.1 Å². The average molecular weight is 404 g/mol. The SMILES string of the molecule is CN1CCC(CNC(=O)C2(N)CC2)(N2CCCCC2)CC1.Cl.Cl.Cl. The van der Waals surface area contributed by atoms with Crippen LogP contribution in [0.15, 0.2) is 0 Å². The zero-order valence-corrected chi connectivity index (χ0v) is 17.0. The number of hydrogen-bond acceptors (Lipinski definition) is 4. The summed E-state index contributed by atoms with van der Waals surface area (Å²) in [5.41, 5.74) is 5.63. The molecule has 0 aromatic rings. The van der Waals surface area contributed by atoms with E-state index in [1.54, 1.807) is 0 Å². The molecule has 3 rings (SSSR count). The third-order valence-electron chi connectivity index (χ3n) is 5.76. The number of hydrogen-bond donors (Lipinski definition) is 2. The van der Waals surface area contributed by atoms with Crippen LogP contribution in [0.4, 0.5) is 0 Å². The monoisotopic (exact) mass is 402 g/mol. The summed E-state index contributed by atoms with van der Waals surface area (Å²) in [6, 6.07) is 0. The predicted molar refractivity (Wildman–Crippen MR) is 106 cm³/mol. The summed E-state index contributed by atoms with van der Waals surface area (Å²) in [7, 11) is 2.19. The average Bonchev–Trinajstić information content (AvgIpc) is 3.27. The normalized spacial score (nSPS) is 25.4. The lowest BCUT2D eigenvalue weighted by Crippen LogP contribution is -2.62. The second-order valence-corrected chi connectivity index (χ2v) is 7.41. The van der Waals surface area contributed by atoms with Crippen LogP contribution in [0.25, 0.3) is 0 Å². The molecule has 24 heavy (non-hydrogen) atoms. The number of piperidine rings is 2. The summed E-state index contributed by atoms with van der Waals surface area (Å²) in [6.07, 6.45) is 7.95. The molecule has 0 aromatic carbocycles. The number of nitrogens with one attached hydrogen (secondary N) is 1. The maximum atomic E-state index is 12.2. The van der Waals surface area contributed by atoms with Crippen molar-refractivity contribution in [1.29, 1.82) is 0 Å². The van der Waals surface area contributed by atoms with Crippen molar-refractivity contribution in [2.75, 3.05) is 39.8 Å². The van der Waals surface area contributed by atoms with E-state index in [9.17, 15) is 4.79 Å². The van der Waals surface area contributed by atoms with E-state index < -0.39 is 5.54 Å². The van der Waals surface area contributed by atoms with Gasteiger partial charge >= 0.3 is 0 Å². The van der Waals surface area contributed by atoms with Crippen molar-refractivity contribution in [3.8, 4) is 0 Å². The van der Waals surface area contributed by atoms with Crippen LogP contribution in [0.1, 0.15) is 44.9 Å². The molecule has 144 valence electrons. The molecule has 0 bridgehead atoms. The molecule has 0 atom stereocenters. The minimum atomic E-state index is -0.547. The van der Waals surface area contributed by atoms with Crippen molar-refractivity contribution in [3.63, 3.8) is 0 Å². The molecular formula is C16H33Cl3N4O. The van der Waals surface area contributed by atoms with Gasteiger partial charge in [-0.05, 0) is 71.8 Å². The molecule has 3 aliphatic rings. The molecule has 1 aliphatic carbocycles. The Balaban J connectivity index is 0.00000176. The highest BCUT2D eigenvalue weighted by atomic mass is 35.5. The Kier molecular flexibility index (Phi) is 9.88. The van der Waals surface area contributed by atoms with Gasteiger partial charge in [-0.25, -0.2) is 0 Å². The number of nitrogens with two attached hydrogens (primary N) is 1. The first-order chi connectivity index (χ1) is 10.0. The van der Waals surface area contributed by atoms with Gasteiger partial charge in [0, 0.05) is 12.1 Å². The lowest BCUT2D eigenvalue weighted by molar-refractivity contribution is -0.124. The molecule has 5 nitrogen and oxygen atoms in total. The topological polar surface area (TPSA) is 61.6 Å². The fourth-order valence-corrected chi connectivity index (χ4v) is 3.79. The second-order valence-electron chi connectivity index (χ2n) is 7.41. The first kappa shape index (κ1) is 24.2. The van der Waals surface area contributed by atoms with Crippen molar-refractivity contribution >= 4 is 43.1 Å². The van der Waals surface area contributed by atoms with Gasteiger partial charge in [0.25, 0.3) is 0 Å². The maximum absolute atomic E-state index is 12.2. The number of carbonyl (C=O) groups excluding carboxylic acids is 1. The van der Waals surface area contributed by atoms with Crippen molar-refractivity contribution < 1.29 is 4.79 Å². The van der Waals surface area contributed by atoms with Gasteiger partial charge in [-0.2, -0.15) is 0 Å². The lowest BCUT2D eigenvalue weighted by Gasteiger charge is -2.50. The number of rotatable bonds is 4. The first-order valence-electron chi connectivity index (χ1n) is 8.55. The van der Waals surface area contributed by atoms with Crippen molar-refractivity contribution in [2.45, 2.75) is 56.0 Å².